The highest BCUT2D eigenvalue weighted by Gasteiger charge is 2.14. The van der Waals surface area contributed by atoms with Crippen molar-refractivity contribution in [1.29, 1.82) is 0 Å². The van der Waals surface area contributed by atoms with Crippen molar-refractivity contribution in [1.82, 2.24) is 0 Å². The van der Waals surface area contributed by atoms with Crippen LogP contribution in [-0.4, -0.2) is 5.78 Å². The Morgan fingerprint density at radius 1 is 1.90 bits per heavy atom. The fourth-order valence-electron chi connectivity index (χ4n) is 1.23. The minimum atomic E-state index is 0.256. The van der Waals surface area contributed by atoms with Crippen LogP contribution in [0, 0.1) is 5.92 Å². The first-order valence-electron chi connectivity index (χ1n) is 3.54. The normalized spacial score (nSPS) is 23.7. The molecule has 0 spiro atoms. The molecule has 0 saturated heterocycles. The smallest absolute Gasteiger partial charge is 0.155 e. The molecule has 1 nitrogen and oxygen atoms in total. The summed E-state index contributed by atoms with van der Waals surface area (Å²) in [4.78, 5) is 10.7. The van der Waals surface area contributed by atoms with Gasteiger partial charge in [0.05, 0.1) is 0 Å². The van der Waals surface area contributed by atoms with Gasteiger partial charge < -0.3 is 0 Å². The Kier molecular flexibility index (Phi) is 2.05. The van der Waals surface area contributed by atoms with E-state index >= 15 is 0 Å². The van der Waals surface area contributed by atoms with Gasteiger partial charge in [0, 0.05) is 6.42 Å². The van der Waals surface area contributed by atoms with Gasteiger partial charge in [0.1, 0.15) is 0 Å². The van der Waals surface area contributed by atoms with Crippen molar-refractivity contribution in [2.24, 2.45) is 5.92 Å². The number of carbonyl (C=O) groups excluding carboxylic acids is 1. The van der Waals surface area contributed by atoms with Gasteiger partial charge in [-0.1, -0.05) is 11.6 Å². The molecule has 0 radical (unpaired) electrons. The molecule has 0 aromatic rings. The molecule has 0 amide bonds. The van der Waals surface area contributed by atoms with Gasteiger partial charge in [0.2, 0.25) is 0 Å². The lowest BCUT2D eigenvalue weighted by atomic mass is 10.0. The van der Waals surface area contributed by atoms with Crippen LogP contribution >= 0.6 is 0 Å². The standard InChI is InChI=1S/C9H12O/c1-7(2)5-8-3-4-9(10)6-8/h3-4,8H,1,5-6H2,2H3. The number of allylic oxidation sites excluding steroid dienone is 3. The fraction of sp³-hybridized carbons (Fsp3) is 0.444. The summed E-state index contributed by atoms with van der Waals surface area (Å²) in [7, 11) is 0. The number of carbonyl (C=O) groups is 1. The van der Waals surface area contributed by atoms with E-state index in [1.54, 1.807) is 6.08 Å². The summed E-state index contributed by atoms with van der Waals surface area (Å²) in [5, 5.41) is 0. The molecule has 1 unspecified atom stereocenters. The molecule has 0 N–H and O–H groups in total. The Morgan fingerprint density at radius 2 is 2.60 bits per heavy atom. The molecule has 10 heavy (non-hydrogen) atoms. The van der Waals surface area contributed by atoms with Crippen LogP contribution in [0.15, 0.2) is 24.3 Å². The van der Waals surface area contributed by atoms with E-state index in [-0.39, 0.29) is 5.78 Å². The lowest BCUT2D eigenvalue weighted by Crippen LogP contribution is -1.96. The van der Waals surface area contributed by atoms with E-state index in [4.69, 9.17) is 0 Å². The van der Waals surface area contributed by atoms with Gasteiger partial charge in [-0.15, -0.1) is 6.58 Å². The average molecular weight is 136 g/mol. The Morgan fingerprint density at radius 3 is 3.00 bits per heavy atom. The van der Waals surface area contributed by atoms with Crippen LogP contribution in [0.25, 0.3) is 0 Å². The summed E-state index contributed by atoms with van der Waals surface area (Å²) < 4.78 is 0. The molecular formula is C9H12O. The molecule has 0 fully saturated rings. The zero-order valence-electron chi connectivity index (χ0n) is 6.26. The zero-order valence-corrected chi connectivity index (χ0v) is 6.26. The zero-order chi connectivity index (χ0) is 7.56. The molecular weight excluding hydrogens is 124 g/mol. The van der Waals surface area contributed by atoms with E-state index in [9.17, 15) is 4.79 Å². The van der Waals surface area contributed by atoms with Crippen LogP contribution in [0.2, 0.25) is 0 Å². The van der Waals surface area contributed by atoms with E-state index in [1.165, 1.54) is 0 Å². The van der Waals surface area contributed by atoms with Crippen molar-refractivity contribution in [3.63, 3.8) is 0 Å². The molecule has 0 aliphatic heterocycles. The topological polar surface area (TPSA) is 17.1 Å². The second-order valence-electron chi connectivity index (χ2n) is 2.95. The van der Waals surface area contributed by atoms with Crippen molar-refractivity contribution < 1.29 is 4.79 Å². The maximum Gasteiger partial charge on any atom is 0.155 e. The Bertz CT molecular complexity index is 189. The summed E-state index contributed by atoms with van der Waals surface area (Å²) in [6.45, 7) is 5.80. The van der Waals surface area contributed by atoms with Crippen molar-refractivity contribution in [3.05, 3.63) is 24.3 Å². The van der Waals surface area contributed by atoms with E-state index in [1.807, 2.05) is 13.0 Å². The summed E-state index contributed by atoms with van der Waals surface area (Å²) in [6, 6.07) is 0. The molecule has 0 heterocycles. The first-order chi connectivity index (χ1) is 4.68. The Hall–Kier alpha value is -0.850. The quantitative estimate of drug-likeness (QED) is 0.531. The predicted octanol–water partition coefficient (Wildman–Crippen LogP) is 2.10. The van der Waals surface area contributed by atoms with Crippen LogP contribution in [0.1, 0.15) is 19.8 Å². The van der Waals surface area contributed by atoms with Crippen molar-refractivity contribution in [2.45, 2.75) is 19.8 Å². The van der Waals surface area contributed by atoms with Gasteiger partial charge in [0.25, 0.3) is 0 Å². The second kappa shape index (κ2) is 2.82. The Labute approximate surface area is 61.4 Å². The van der Waals surface area contributed by atoms with Crippen molar-refractivity contribution in [3.8, 4) is 0 Å². The lowest BCUT2D eigenvalue weighted by Gasteiger charge is -2.03. The highest BCUT2D eigenvalue weighted by atomic mass is 16.1. The molecule has 0 bridgehead atoms. The molecule has 1 aliphatic rings. The SMILES string of the molecule is C=C(C)CC1C=CC(=O)C1. The number of ketones is 1. The highest BCUT2D eigenvalue weighted by Crippen LogP contribution is 2.20. The van der Waals surface area contributed by atoms with Gasteiger partial charge in [-0.25, -0.2) is 0 Å². The van der Waals surface area contributed by atoms with Crippen LogP contribution < -0.4 is 0 Å². The average Bonchev–Trinajstić information content (AvgIpc) is 2.13. The van der Waals surface area contributed by atoms with Crippen LogP contribution in [0.3, 0.4) is 0 Å². The first-order valence-corrected chi connectivity index (χ1v) is 3.54. The van der Waals surface area contributed by atoms with Gasteiger partial charge in [-0.3, -0.25) is 4.79 Å². The third kappa shape index (κ3) is 1.83. The van der Waals surface area contributed by atoms with Crippen molar-refractivity contribution in [2.75, 3.05) is 0 Å². The summed E-state index contributed by atoms with van der Waals surface area (Å²) in [6.07, 6.45) is 5.31. The molecule has 1 atom stereocenters. The summed E-state index contributed by atoms with van der Waals surface area (Å²) in [5.41, 5.74) is 1.16. The van der Waals surface area contributed by atoms with Crippen molar-refractivity contribution >= 4 is 5.78 Å². The Balaban J connectivity index is 2.40. The van der Waals surface area contributed by atoms with E-state index < -0.39 is 0 Å². The fourth-order valence-corrected chi connectivity index (χ4v) is 1.23. The van der Waals surface area contributed by atoms with E-state index in [0.717, 1.165) is 12.0 Å². The molecule has 1 heteroatoms. The maximum atomic E-state index is 10.7. The third-order valence-electron chi connectivity index (χ3n) is 1.63. The molecule has 0 saturated carbocycles. The van der Waals surface area contributed by atoms with Crippen LogP contribution in [0.4, 0.5) is 0 Å². The molecule has 54 valence electrons. The largest absolute Gasteiger partial charge is 0.295 e. The summed E-state index contributed by atoms with van der Waals surface area (Å²) in [5.74, 6) is 0.691. The van der Waals surface area contributed by atoms with E-state index in [2.05, 4.69) is 6.58 Å². The van der Waals surface area contributed by atoms with Gasteiger partial charge in [-0.2, -0.15) is 0 Å². The second-order valence-corrected chi connectivity index (χ2v) is 2.95. The molecule has 1 aliphatic carbocycles. The number of hydrogen-bond acceptors (Lipinski definition) is 1. The minimum Gasteiger partial charge on any atom is -0.295 e. The monoisotopic (exact) mass is 136 g/mol. The number of hydrogen-bond donors (Lipinski definition) is 0. The maximum absolute atomic E-state index is 10.7. The van der Waals surface area contributed by atoms with Crippen LogP contribution in [-0.2, 0) is 4.79 Å². The van der Waals surface area contributed by atoms with Gasteiger partial charge in [-0.05, 0) is 25.3 Å². The van der Waals surface area contributed by atoms with Crippen LogP contribution in [0.5, 0.6) is 0 Å². The lowest BCUT2D eigenvalue weighted by molar-refractivity contribution is -0.114. The third-order valence-corrected chi connectivity index (χ3v) is 1.63. The summed E-state index contributed by atoms with van der Waals surface area (Å²) >= 11 is 0. The number of rotatable bonds is 2. The molecule has 0 aromatic heterocycles. The molecule has 0 aromatic carbocycles. The van der Waals surface area contributed by atoms with Gasteiger partial charge >= 0.3 is 0 Å². The highest BCUT2D eigenvalue weighted by molar-refractivity contribution is 5.92. The van der Waals surface area contributed by atoms with E-state index in [0.29, 0.717) is 12.3 Å². The first kappa shape index (κ1) is 7.26. The molecule has 1 rings (SSSR count). The predicted molar refractivity (Wildman–Crippen MR) is 41.7 cm³/mol. The van der Waals surface area contributed by atoms with Gasteiger partial charge in [0.15, 0.2) is 5.78 Å². The minimum absolute atomic E-state index is 0.256.